The Morgan fingerprint density at radius 1 is 0.644 bits per heavy atom. The number of aliphatic hydroxyl groups is 3. The van der Waals surface area contributed by atoms with Crippen LogP contribution in [0.1, 0.15) is 174 Å². The molecule has 12 nitrogen and oxygen atoms in total. The molecule has 1 aliphatic rings. The zero-order valence-electron chi connectivity index (χ0n) is 36.6. The van der Waals surface area contributed by atoms with Crippen LogP contribution in [0.15, 0.2) is 48.6 Å². The van der Waals surface area contributed by atoms with Gasteiger partial charge in [-0.15, -0.1) is 0 Å². The van der Waals surface area contributed by atoms with Gasteiger partial charge in [-0.2, -0.15) is 8.42 Å². The highest BCUT2D eigenvalue weighted by Crippen LogP contribution is 2.26. The molecule has 1 heterocycles. The highest BCUT2D eigenvalue weighted by Gasteiger charge is 2.48. The zero-order valence-corrected chi connectivity index (χ0v) is 37.4. The van der Waals surface area contributed by atoms with Gasteiger partial charge in [-0.25, -0.2) is 4.18 Å². The van der Waals surface area contributed by atoms with E-state index >= 15 is 0 Å². The first-order chi connectivity index (χ1) is 28.6. The molecule has 0 amide bonds. The third-order valence-electron chi connectivity index (χ3n) is 10.2. The van der Waals surface area contributed by atoms with Crippen LogP contribution in [0.3, 0.4) is 0 Å². The van der Waals surface area contributed by atoms with Crippen LogP contribution in [0.5, 0.6) is 0 Å². The van der Waals surface area contributed by atoms with Gasteiger partial charge < -0.3 is 34.3 Å². The predicted molar refractivity (Wildman–Crippen MR) is 234 cm³/mol. The fourth-order valence-electron chi connectivity index (χ4n) is 6.66. The standard InChI is InChI=1S/C46H82O12S/c1-3-5-7-9-11-13-15-17-19-20-21-23-25-27-29-31-33-35-42(48)56-40(39-55-46-44(50)45(58-59(51,52)53)43(49)41(37-47)57-46)38-54-36-34-32-30-28-26-24-22-18-16-14-12-10-8-6-4-2/h10-13,16-19,40-41,43-47,49-50H,3-9,14-15,20-39H2,1-2H3,(H,51,52,53)/b12-10-,13-11-,18-16-,19-17-. The maximum Gasteiger partial charge on any atom is 0.397 e. The van der Waals surface area contributed by atoms with Crippen molar-refractivity contribution in [3.8, 4) is 0 Å². The van der Waals surface area contributed by atoms with Crippen LogP contribution >= 0.6 is 0 Å². The second kappa shape index (κ2) is 37.8. The lowest BCUT2D eigenvalue weighted by atomic mass is 9.99. The molecule has 0 radical (unpaired) electrons. The van der Waals surface area contributed by atoms with Gasteiger partial charge >= 0.3 is 16.4 Å². The fraction of sp³-hybridized carbons (Fsp3) is 0.804. The minimum absolute atomic E-state index is 0.0244. The summed E-state index contributed by atoms with van der Waals surface area (Å²) >= 11 is 0. The van der Waals surface area contributed by atoms with E-state index in [1.807, 2.05) is 0 Å². The van der Waals surface area contributed by atoms with E-state index in [2.05, 4.69) is 66.6 Å². The third kappa shape index (κ3) is 31.6. The molecule has 59 heavy (non-hydrogen) atoms. The smallest absolute Gasteiger partial charge is 0.397 e. The van der Waals surface area contributed by atoms with Crippen molar-refractivity contribution in [1.29, 1.82) is 0 Å². The molecule has 1 aliphatic heterocycles. The minimum Gasteiger partial charge on any atom is -0.457 e. The van der Waals surface area contributed by atoms with Crippen molar-refractivity contribution >= 4 is 16.4 Å². The highest BCUT2D eigenvalue weighted by atomic mass is 32.3. The lowest BCUT2D eigenvalue weighted by Gasteiger charge is -2.41. The normalized spacial score (nSPS) is 20.8. The number of carbonyl (C=O) groups is 1. The second-order valence-electron chi connectivity index (χ2n) is 15.6. The lowest BCUT2D eigenvalue weighted by Crippen LogP contribution is -2.60. The van der Waals surface area contributed by atoms with E-state index in [-0.39, 0.29) is 19.6 Å². The topological polar surface area (TPSA) is 178 Å². The molecule has 0 saturated carbocycles. The van der Waals surface area contributed by atoms with E-state index < -0.39 is 59.8 Å². The van der Waals surface area contributed by atoms with Gasteiger partial charge in [0.1, 0.15) is 30.5 Å². The Balaban J connectivity index is 2.44. The largest absolute Gasteiger partial charge is 0.457 e. The molecule has 4 N–H and O–H groups in total. The summed E-state index contributed by atoms with van der Waals surface area (Å²) in [5.74, 6) is -0.413. The number of esters is 1. The number of carbonyl (C=O) groups excluding carboxylic acids is 1. The van der Waals surface area contributed by atoms with Crippen molar-refractivity contribution < 1.29 is 56.2 Å². The minimum atomic E-state index is -5.06. The number of unbranched alkanes of at least 4 members (excludes halogenated alkanes) is 18. The van der Waals surface area contributed by atoms with Crippen molar-refractivity contribution in [2.45, 2.75) is 211 Å². The first kappa shape index (κ1) is 55.1. The molecule has 0 bridgehead atoms. The molecule has 0 aromatic heterocycles. The summed E-state index contributed by atoms with van der Waals surface area (Å²) in [5.41, 5.74) is 0. The van der Waals surface area contributed by atoms with Crippen molar-refractivity contribution in [2.75, 3.05) is 26.4 Å². The molecule has 0 aliphatic carbocycles. The summed E-state index contributed by atoms with van der Waals surface area (Å²) in [4.78, 5) is 12.8. The van der Waals surface area contributed by atoms with Crippen LogP contribution in [0.2, 0.25) is 0 Å². The molecule has 0 aromatic rings. The van der Waals surface area contributed by atoms with E-state index in [4.69, 9.17) is 23.5 Å². The first-order valence-electron chi connectivity index (χ1n) is 22.9. The third-order valence-corrected chi connectivity index (χ3v) is 10.6. The Morgan fingerprint density at radius 2 is 1.14 bits per heavy atom. The number of hydrogen-bond donors (Lipinski definition) is 4. The molecule has 6 unspecified atom stereocenters. The van der Waals surface area contributed by atoms with Crippen molar-refractivity contribution in [3.05, 3.63) is 48.6 Å². The molecule has 0 spiro atoms. The number of aliphatic hydroxyl groups excluding tert-OH is 3. The number of hydrogen-bond acceptors (Lipinski definition) is 11. The van der Waals surface area contributed by atoms with Gasteiger partial charge in [-0.1, -0.05) is 146 Å². The lowest BCUT2D eigenvalue weighted by molar-refractivity contribution is -0.301. The molecule has 344 valence electrons. The van der Waals surface area contributed by atoms with Gasteiger partial charge in [0.15, 0.2) is 6.29 Å². The maximum atomic E-state index is 12.8. The van der Waals surface area contributed by atoms with Gasteiger partial charge in [-0.05, 0) is 70.6 Å². The summed E-state index contributed by atoms with van der Waals surface area (Å²) in [6, 6.07) is 0. The SMILES string of the molecule is CCCC/C=C\C/C=C\CCCCCCCCOCC(COC1OC(CO)C(O)C(OS(=O)(=O)O)C1O)OC(=O)CCCCCCCCC/C=C\C/C=C\CCCCC. The van der Waals surface area contributed by atoms with Gasteiger partial charge in [0, 0.05) is 13.0 Å². The molecule has 1 rings (SSSR count). The molecule has 13 heteroatoms. The average molecular weight is 859 g/mol. The van der Waals surface area contributed by atoms with Gasteiger partial charge in [0.25, 0.3) is 0 Å². The van der Waals surface area contributed by atoms with Gasteiger partial charge in [0.2, 0.25) is 0 Å². The quantitative estimate of drug-likeness (QED) is 0.0199. The first-order valence-corrected chi connectivity index (χ1v) is 24.3. The highest BCUT2D eigenvalue weighted by molar-refractivity contribution is 7.80. The number of rotatable bonds is 39. The number of ether oxygens (including phenoxy) is 4. The Hall–Kier alpha value is -1.94. The second-order valence-corrected chi connectivity index (χ2v) is 16.7. The van der Waals surface area contributed by atoms with Crippen LogP contribution in [0.25, 0.3) is 0 Å². The van der Waals surface area contributed by atoms with Crippen LogP contribution in [0, 0.1) is 0 Å². The van der Waals surface area contributed by atoms with Crippen molar-refractivity contribution in [3.63, 3.8) is 0 Å². The van der Waals surface area contributed by atoms with E-state index in [1.54, 1.807) is 0 Å². The van der Waals surface area contributed by atoms with Gasteiger partial charge in [0.05, 0.1) is 19.8 Å². The maximum absolute atomic E-state index is 12.8. The van der Waals surface area contributed by atoms with Crippen LogP contribution in [-0.4, -0.2) is 97.5 Å². The summed E-state index contributed by atoms with van der Waals surface area (Å²) in [6.07, 6.45) is 35.6. The van der Waals surface area contributed by atoms with Crippen LogP contribution < -0.4 is 0 Å². The van der Waals surface area contributed by atoms with Crippen molar-refractivity contribution in [1.82, 2.24) is 0 Å². The van der Waals surface area contributed by atoms with Crippen LogP contribution in [0.4, 0.5) is 0 Å². The van der Waals surface area contributed by atoms with E-state index in [9.17, 15) is 28.5 Å². The molecular formula is C46H82O12S. The van der Waals surface area contributed by atoms with E-state index in [1.165, 1.54) is 70.6 Å². The Morgan fingerprint density at radius 3 is 1.66 bits per heavy atom. The van der Waals surface area contributed by atoms with E-state index in [0.717, 1.165) is 77.0 Å². The Bertz CT molecular complexity index is 1220. The molecular weight excluding hydrogens is 777 g/mol. The zero-order chi connectivity index (χ0) is 43.2. The predicted octanol–water partition coefficient (Wildman–Crippen LogP) is 9.58. The summed E-state index contributed by atoms with van der Waals surface area (Å²) < 4.78 is 59.0. The van der Waals surface area contributed by atoms with E-state index in [0.29, 0.717) is 13.0 Å². The summed E-state index contributed by atoms with van der Waals surface area (Å²) in [5, 5.41) is 30.7. The number of allylic oxidation sites excluding steroid dienone is 8. The Labute approximate surface area is 357 Å². The molecule has 1 fully saturated rings. The molecule has 0 aromatic carbocycles. The van der Waals surface area contributed by atoms with Crippen molar-refractivity contribution in [2.24, 2.45) is 0 Å². The average Bonchev–Trinajstić information content (AvgIpc) is 3.20. The Kier molecular flexibility index (Phi) is 35.3. The fourth-order valence-corrected chi connectivity index (χ4v) is 7.17. The monoisotopic (exact) mass is 859 g/mol. The van der Waals surface area contributed by atoms with Crippen LogP contribution in [-0.2, 0) is 38.3 Å². The summed E-state index contributed by atoms with van der Waals surface area (Å²) in [7, 11) is -5.06. The molecule has 1 saturated heterocycles. The summed E-state index contributed by atoms with van der Waals surface area (Å²) in [6.45, 7) is 3.88. The molecule has 6 atom stereocenters. The van der Waals surface area contributed by atoms with Gasteiger partial charge in [-0.3, -0.25) is 9.35 Å².